The van der Waals surface area contributed by atoms with E-state index in [0.29, 0.717) is 11.3 Å². The van der Waals surface area contributed by atoms with E-state index in [1.807, 2.05) is 19.2 Å². The summed E-state index contributed by atoms with van der Waals surface area (Å²) >= 11 is 1.42. The van der Waals surface area contributed by atoms with Crippen molar-refractivity contribution in [1.29, 1.82) is 0 Å². The van der Waals surface area contributed by atoms with Gasteiger partial charge in [0.15, 0.2) is 0 Å². The fraction of sp³-hybridized carbons (Fsp3) is 0.407. The monoisotopic (exact) mass is 467 g/mol. The first-order valence-corrected chi connectivity index (χ1v) is 12.5. The molecule has 33 heavy (non-hydrogen) atoms. The summed E-state index contributed by atoms with van der Waals surface area (Å²) in [4.78, 5) is 5.45. The molecule has 1 unspecified atom stereocenters. The average Bonchev–Trinajstić information content (AvgIpc) is 3.28. The van der Waals surface area contributed by atoms with E-state index in [-0.39, 0.29) is 17.5 Å². The van der Waals surface area contributed by atoms with Gasteiger partial charge in [0.2, 0.25) is 0 Å². The highest BCUT2D eigenvalue weighted by atomic mass is 32.1. The minimum absolute atomic E-state index is 0.0307. The van der Waals surface area contributed by atoms with Gasteiger partial charge in [-0.2, -0.15) is 0 Å². The molecule has 0 amide bonds. The average molecular weight is 468 g/mol. The van der Waals surface area contributed by atoms with Gasteiger partial charge in [-0.1, -0.05) is 42.5 Å². The Morgan fingerprint density at radius 1 is 1.06 bits per heavy atom. The molecule has 1 aliphatic rings. The van der Waals surface area contributed by atoms with Gasteiger partial charge >= 0.3 is 0 Å². The minimum Gasteiger partial charge on any atom is -0.483 e. The fourth-order valence-electron chi connectivity index (χ4n) is 4.89. The van der Waals surface area contributed by atoms with Crippen molar-refractivity contribution < 1.29 is 9.13 Å². The van der Waals surface area contributed by atoms with E-state index in [1.165, 1.54) is 23.0 Å². The van der Waals surface area contributed by atoms with Crippen LogP contribution in [0.4, 0.5) is 10.1 Å². The van der Waals surface area contributed by atoms with Crippen LogP contribution in [0.5, 0.6) is 5.75 Å². The fourth-order valence-corrected chi connectivity index (χ4v) is 5.72. The van der Waals surface area contributed by atoms with E-state index in [4.69, 9.17) is 4.74 Å². The lowest BCUT2D eigenvalue weighted by atomic mass is 9.79. The maximum atomic E-state index is 14.4. The third kappa shape index (κ3) is 5.08. The van der Waals surface area contributed by atoms with Crippen molar-refractivity contribution >= 4 is 17.0 Å². The Morgan fingerprint density at radius 2 is 1.76 bits per heavy atom. The zero-order valence-electron chi connectivity index (χ0n) is 19.8. The molecule has 0 bridgehead atoms. The van der Waals surface area contributed by atoms with Crippen molar-refractivity contribution in [2.75, 3.05) is 45.7 Å². The van der Waals surface area contributed by atoms with E-state index < -0.39 is 0 Å². The largest absolute Gasteiger partial charge is 0.483 e. The van der Waals surface area contributed by atoms with Crippen molar-refractivity contribution in [3.8, 4) is 5.75 Å². The second-order valence-corrected chi connectivity index (χ2v) is 9.83. The van der Waals surface area contributed by atoms with E-state index in [0.717, 1.165) is 43.9 Å². The first-order valence-electron chi connectivity index (χ1n) is 11.7. The normalized spacial score (nSPS) is 16.7. The highest BCUT2D eigenvalue weighted by Gasteiger charge is 2.38. The van der Waals surface area contributed by atoms with Crippen LogP contribution in [0.25, 0.3) is 0 Å². The third-order valence-corrected chi connectivity index (χ3v) is 7.81. The molecular formula is C27H34FN3OS. The molecule has 4 rings (SSSR count). The SMILES string of the molecule is CNCCC(Oc1ccccc1N1CCC(c2ccccc2)(N(C)C)CC1)c1sccc1F. The quantitative estimate of drug-likeness (QED) is 0.439. The van der Waals surface area contributed by atoms with Crippen LogP contribution in [0.1, 0.15) is 35.8 Å². The Balaban J connectivity index is 1.55. The molecule has 2 aromatic carbocycles. The number of rotatable bonds is 9. The number of thiophene rings is 1. The van der Waals surface area contributed by atoms with Gasteiger partial charge in [-0.3, -0.25) is 4.90 Å². The Hall–Kier alpha value is -2.41. The van der Waals surface area contributed by atoms with Crippen LogP contribution in [0.2, 0.25) is 0 Å². The molecule has 0 saturated carbocycles. The lowest BCUT2D eigenvalue weighted by Crippen LogP contribution is -2.50. The molecule has 1 fully saturated rings. The summed E-state index contributed by atoms with van der Waals surface area (Å²) in [7, 11) is 6.27. The number of benzene rings is 2. The predicted octanol–water partition coefficient (Wildman–Crippen LogP) is 5.67. The number of halogens is 1. The summed E-state index contributed by atoms with van der Waals surface area (Å²) in [5.41, 5.74) is 2.49. The molecule has 0 spiro atoms. The number of piperidine rings is 1. The minimum atomic E-state index is -0.312. The lowest BCUT2D eigenvalue weighted by molar-refractivity contribution is 0.115. The molecule has 1 aliphatic heterocycles. The lowest BCUT2D eigenvalue weighted by Gasteiger charge is -2.47. The van der Waals surface area contributed by atoms with Crippen molar-refractivity contribution in [1.82, 2.24) is 10.2 Å². The first kappa shape index (κ1) is 23.7. The molecule has 176 valence electrons. The van der Waals surface area contributed by atoms with Gasteiger partial charge in [-0.05, 0) is 69.7 Å². The molecule has 0 radical (unpaired) electrons. The van der Waals surface area contributed by atoms with E-state index in [9.17, 15) is 4.39 Å². The summed E-state index contributed by atoms with van der Waals surface area (Å²) in [6, 6.07) is 20.5. The number of anilines is 1. The van der Waals surface area contributed by atoms with E-state index >= 15 is 0 Å². The van der Waals surface area contributed by atoms with Gasteiger partial charge < -0.3 is 15.0 Å². The molecule has 1 atom stereocenters. The highest BCUT2D eigenvalue weighted by molar-refractivity contribution is 7.10. The van der Waals surface area contributed by atoms with Crippen LogP contribution in [0.15, 0.2) is 66.0 Å². The molecule has 1 N–H and O–H groups in total. The van der Waals surface area contributed by atoms with Gasteiger partial charge in [0.05, 0.1) is 10.6 Å². The molecule has 1 aromatic heterocycles. The molecule has 4 nitrogen and oxygen atoms in total. The molecule has 0 aliphatic carbocycles. The highest BCUT2D eigenvalue weighted by Crippen LogP contribution is 2.41. The van der Waals surface area contributed by atoms with Crippen molar-refractivity contribution in [2.24, 2.45) is 0 Å². The number of nitrogens with one attached hydrogen (secondary N) is 1. The van der Waals surface area contributed by atoms with E-state index in [1.54, 1.807) is 5.38 Å². The number of hydrogen-bond acceptors (Lipinski definition) is 5. The molecular weight excluding hydrogens is 433 g/mol. The molecule has 1 saturated heterocycles. The standard InChI is InChI=1S/C27H34FN3OS/c1-29-17-13-25(26-22(28)14-20-33-26)32-24-12-8-7-11-23(24)31-18-15-27(16-19-31,30(2)3)21-9-5-4-6-10-21/h4-12,14,20,25,29H,13,15-19H2,1-3H3. The molecule has 3 aromatic rings. The molecule has 2 heterocycles. The second kappa shape index (κ2) is 10.7. The number of ether oxygens (including phenoxy) is 1. The van der Waals surface area contributed by atoms with Crippen LogP contribution < -0.4 is 15.0 Å². The number of hydrogen-bond donors (Lipinski definition) is 1. The first-order chi connectivity index (χ1) is 16.0. The summed E-state index contributed by atoms with van der Waals surface area (Å²) in [5.74, 6) is 0.638. The van der Waals surface area contributed by atoms with Crippen molar-refractivity contribution in [2.45, 2.75) is 30.9 Å². The van der Waals surface area contributed by atoms with Crippen molar-refractivity contribution in [3.63, 3.8) is 0 Å². The third-order valence-electron chi connectivity index (χ3n) is 6.83. The Morgan fingerprint density at radius 3 is 2.39 bits per heavy atom. The van der Waals surface area contributed by atoms with Gasteiger partial charge in [0, 0.05) is 25.0 Å². The molecule has 6 heteroatoms. The van der Waals surface area contributed by atoms with Crippen molar-refractivity contribution in [3.05, 3.63) is 82.3 Å². The summed E-state index contributed by atoms with van der Waals surface area (Å²) in [5, 5.41) is 4.96. The maximum absolute atomic E-state index is 14.4. The van der Waals surface area contributed by atoms with Gasteiger partial charge in [-0.15, -0.1) is 11.3 Å². The summed E-state index contributed by atoms with van der Waals surface area (Å²) in [6.07, 6.45) is 2.45. The van der Waals surface area contributed by atoms with E-state index in [2.05, 4.69) is 71.7 Å². The van der Waals surface area contributed by atoms with Crippen LogP contribution in [-0.4, -0.2) is 45.7 Å². The summed E-state index contributed by atoms with van der Waals surface area (Å²) in [6.45, 7) is 2.63. The topological polar surface area (TPSA) is 27.7 Å². The predicted molar refractivity (Wildman–Crippen MR) is 136 cm³/mol. The van der Waals surface area contributed by atoms with Gasteiger partial charge in [0.1, 0.15) is 17.7 Å². The Bertz CT molecular complexity index is 1010. The zero-order chi connectivity index (χ0) is 23.3. The van der Waals surface area contributed by atoms with Crippen LogP contribution >= 0.6 is 11.3 Å². The maximum Gasteiger partial charge on any atom is 0.143 e. The smallest absolute Gasteiger partial charge is 0.143 e. The zero-order valence-corrected chi connectivity index (χ0v) is 20.6. The number of para-hydroxylation sites is 2. The van der Waals surface area contributed by atoms with Gasteiger partial charge in [0.25, 0.3) is 0 Å². The summed E-state index contributed by atoms with van der Waals surface area (Å²) < 4.78 is 20.9. The Kier molecular flexibility index (Phi) is 7.68. The second-order valence-electron chi connectivity index (χ2n) is 8.88. The van der Waals surface area contributed by atoms with Crippen LogP contribution in [0.3, 0.4) is 0 Å². The van der Waals surface area contributed by atoms with Crippen LogP contribution in [0, 0.1) is 5.82 Å². The van der Waals surface area contributed by atoms with Crippen LogP contribution in [-0.2, 0) is 5.54 Å². The Labute approximate surface area is 201 Å². The van der Waals surface area contributed by atoms with Gasteiger partial charge in [-0.25, -0.2) is 4.39 Å². The number of nitrogens with zero attached hydrogens (tertiary/aromatic N) is 2.